The fourth-order valence-corrected chi connectivity index (χ4v) is 2.74. The Hall–Kier alpha value is -1.35. The number of fused-ring (bicyclic) bond motifs is 2. The van der Waals surface area contributed by atoms with Crippen molar-refractivity contribution in [3.63, 3.8) is 0 Å². The molecule has 0 saturated heterocycles. The minimum absolute atomic E-state index is 0.335. The van der Waals surface area contributed by atoms with Gasteiger partial charge in [-0.2, -0.15) is 0 Å². The summed E-state index contributed by atoms with van der Waals surface area (Å²) in [4.78, 5) is 4.56. The van der Waals surface area contributed by atoms with Crippen LogP contribution >= 0.6 is 0 Å². The van der Waals surface area contributed by atoms with E-state index in [4.69, 9.17) is 0 Å². The Kier molecular flexibility index (Phi) is 2.40. The maximum absolute atomic E-state index is 9.86. The van der Waals surface area contributed by atoms with Crippen LogP contribution < -0.4 is 0 Å². The number of allylic oxidation sites excluding steroid dienone is 4. The van der Waals surface area contributed by atoms with Crippen molar-refractivity contribution >= 4 is 5.71 Å². The fourth-order valence-electron chi connectivity index (χ4n) is 2.74. The molecule has 3 heteroatoms. The summed E-state index contributed by atoms with van der Waals surface area (Å²) in [5.74, 6) is 0.931. The molecule has 1 N–H and O–H groups in total. The molecule has 2 aliphatic heterocycles. The van der Waals surface area contributed by atoms with Gasteiger partial charge in [0, 0.05) is 30.3 Å². The summed E-state index contributed by atoms with van der Waals surface area (Å²) >= 11 is 0. The van der Waals surface area contributed by atoms with Crippen LogP contribution in [0, 0.1) is 11.8 Å². The van der Waals surface area contributed by atoms with Crippen LogP contribution in [0.15, 0.2) is 41.2 Å². The Balaban J connectivity index is 1.99. The predicted octanol–water partition coefficient (Wildman–Crippen LogP) is 2.52. The Morgan fingerprint density at radius 2 is 2.31 bits per heavy atom. The van der Waals surface area contributed by atoms with Crippen molar-refractivity contribution < 1.29 is 5.21 Å². The smallest absolute Gasteiger partial charge is 0.0546 e. The standard InChI is InChI=1S/C13H16N2O/c16-15-7-2-1-4-11-8-10-5-3-6-14-12(10)9-13(11)15/h1-2,4,7,9-11,16H,3,5-6,8H2. The second-order valence-corrected chi connectivity index (χ2v) is 4.63. The number of hydroxylamine groups is 2. The average Bonchev–Trinajstić information content (AvgIpc) is 2.49. The Morgan fingerprint density at radius 3 is 3.25 bits per heavy atom. The molecule has 0 aromatic carbocycles. The van der Waals surface area contributed by atoms with Crippen LogP contribution in [0.4, 0.5) is 0 Å². The van der Waals surface area contributed by atoms with Crippen molar-refractivity contribution in [1.29, 1.82) is 0 Å². The normalized spacial score (nSPS) is 32.4. The van der Waals surface area contributed by atoms with E-state index in [1.54, 1.807) is 6.20 Å². The molecule has 2 unspecified atom stereocenters. The molecule has 0 aromatic rings. The topological polar surface area (TPSA) is 35.8 Å². The first-order chi connectivity index (χ1) is 7.84. The van der Waals surface area contributed by atoms with Gasteiger partial charge in [-0.1, -0.05) is 12.2 Å². The summed E-state index contributed by atoms with van der Waals surface area (Å²) in [5.41, 5.74) is 2.14. The molecule has 2 heterocycles. The van der Waals surface area contributed by atoms with Gasteiger partial charge in [0.15, 0.2) is 0 Å². The zero-order chi connectivity index (χ0) is 11.0. The molecule has 0 saturated carbocycles. The van der Waals surface area contributed by atoms with Crippen molar-refractivity contribution in [2.75, 3.05) is 6.54 Å². The first kappa shape index (κ1) is 9.85. The lowest BCUT2D eigenvalue weighted by atomic mass is 9.79. The summed E-state index contributed by atoms with van der Waals surface area (Å²) in [6.45, 7) is 0.942. The predicted molar refractivity (Wildman–Crippen MR) is 63.1 cm³/mol. The molecule has 0 radical (unpaired) electrons. The van der Waals surface area contributed by atoms with E-state index in [0.717, 1.165) is 18.7 Å². The molecule has 3 nitrogen and oxygen atoms in total. The third-order valence-electron chi connectivity index (χ3n) is 3.58. The molecule has 0 amide bonds. The molecular weight excluding hydrogens is 200 g/mol. The van der Waals surface area contributed by atoms with Gasteiger partial charge in [-0.05, 0) is 31.4 Å². The number of aliphatic imine (C=N–C) groups is 1. The summed E-state index contributed by atoms with van der Waals surface area (Å²) < 4.78 is 0. The second-order valence-electron chi connectivity index (χ2n) is 4.63. The summed E-state index contributed by atoms with van der Waals surface area (Å²) in [6.07, 6.45) is 13.3. The van der Waals surface area contributed by atoms with E-state index in [1.165, 1.54) is 23.6 Å². The van der Waals surface area contributed by atoms with Gasteiger partial charge < -0.3 is 0 Å². The zero-order valence-electron chi connectivity index (χ0n) is 9.21. The van der Waals surface area contributed by atoms with Crippen LogP contribution in [0.2, 0.25) is 0 Å². The molecule has 2 atom stereocenters. The molecular formula is C13H16N2O. The first-order valence-corrected chi connectivity index (χ1v) is 5.93. The van der Waals surface area contributed by atoms with Gasteiger partial charge in [0.2, 0.25) is 0 Å². The van der Waals surface area contributed by atoms with Gasteiger partial charge in [-0.25, -0.2) is 5.06 Å². The van der Waals surface area contributed by atoms with Crippen molar-refractivity contribution in [2.45, 2.75) is 19.3 Å². The van der Waals surface area contributed by atoms with Crippen molar-refractivity contribution in [3.05, 3.63) is 36.2 Å². The number of nitrogens with zero attached hydrogens (tertiary/aromatic N) is 2. The highest BCUT2D eigenvalue weighted by molar-refractivity contribution is 5.98. The highest BCUT2D eigenvalue weighted by atomic mass is 16.5. The SMILES string of the molecule is ON1C=CC=CC2CC3CCCN=C3C=C21. The van der Waals surface area contributed by atoms with Gasteiger partial charge >= 0.3 is 0 Å². The van der Waals surface area contributed by atoms with E-state index >= 15 is 0 Å². The first-order valence-electron chi connectivity index (χ1n) is 5.93. The van der Waals surface area contributed by atoms with Gasteiger partial charge in [-0.3, -0.25) is 10.2 Å². The van der Waals surface area contributed by atoms with Gasteiger partial charge in [0.1, 0.15) is 0 Å². The molecule has 0 aromatic heterocycles. The molecule has 3 aliphatic rings. The van der Waals surface area contributed by atoms with E-state index in [0.29, 0.717) is 11.8 Å². The second kappa shape index (κ2) is 3.91. The monoisotopic (exact) mass is 216 g/mol. The molecule has 16 heavy (non-hydrogen) atoms. The van der Waals surface area contributed by atoms with Crippen molar-refractivity contribution in [3.8, 4) is 0 Å². The van der Waals surface area contributed by atoms with Gasteiger partial charge in [0.25, 0.3) is 0 Å². The summed E-state index contributed by atoms with van der Waals surface area (Å²) in [7, 11) is 0. The molecule has 0 spiro atoms. The van der Waals surface area contributed by atoms with Crippen molar-refractivity contribution in [1.82, 2.24) is 5.06 Å². The summed E-state index contributed by atoms with van der Waals surface area (Å²) in [6, 6.07) is 0. The van der Waals surface area contributed by atoms with E-state index in [9.17, 15) is 5.21 Å². The molecule has 3 rings (SSSR count). The zero-order valence-corrected chi connectivity index (χ0v) is 9.21. The van der Waals surface area contributed by atoms with E-state index < -0.39 is 0 Å². The lowest BCUT2D eigenvalue weighted by Crippen LogP contribution is -2.30. The van der Waals surface area contributed by atoms with Crippen LogP contribution in [-0.2, 0) is 0 Å². The number of hydrogen-bond donors (Lipinski definition) is 1. The van der Waals surface area contributed by atoms with Crippen molar-refractivity contribution in [2.24, 2.45) is 16.8 Å². The maximum atomic E-state index is 9.86. The summed E-state index contributed by atoms with van der Waals surface area (Å²) in [5, 5.41) is 11.1. The van der Waals surface area contributed by atoms with Crippen LogP contribution in [0.3, 0.4) is 0 Å². The molecule has 1 aliphatic carbocycles. The highest BCUT2D eigenvalue weighted by Gasteiger charge is 2.30. The Labute approximate surface area is 95.4 Å². The third kappa shape index (κ3) is 1.61. The highest BCUT2D eigenvalue weighted by Crippen LogP contribution is 2.35. The van der Waals surface area contributed by atoms with Gasteiger partial charge in [0.05, 0.1) is 5.70 Å². The van der Waals surface area contributed by atoms with Crippen LogP contribution in [0.25, 0.3) is 0 Å². The minimum Gasteiger partial charge on any atom is -0.289 e. The third-order valence-corrected chi connectivity index (χ3v) is 3.58. The molecule has 0 fully saturated rings. The lowest BCUT2D eigenvalue weighted by Gasteiger charge is -2.33. The van der Waals surface area contributed by atoms with Crippen LogP contribution in [-0.4, -0.2) is 22.5 Å². The quantitative estimate of drug-likeness (QED) is 0.675. The van der Waals surface area contributed by atoms with Crippen LogP contribution in [0.1, 0.15) is 19.3 Å². The number of rotatable bonds is 0. The lowest BCUT2D eigenvalue weighted by molar-refractivity contribution is -0.0132. The van der Waals surface area contributed by atoms with Gasteiger partial charge in [-0.15, -0.1) is 0 Å². The fraction of sp³-hybridized carbons (Fsp3) is 0.462. The number of hydrogen-bond acceptors (Lipinski definition) is 3. The van der Waals surface area contributed by atoms with E-state index in [2.05, 4.69) is 17.1 Å². The van der Waals surface area contributed by atoms with E-state index in [1.807, 2.05) is 12.2 Å². The Morgan fingerprint density at radius 1 is 1.38 bits per heavy atom. The minimum atomic E-state index is 0.335. The maximum Gasteiger partial charge on any atom is 0.0546 e. The van der Waals surface area contributed by atoms with E-state index in [-0.39, 0.29) is 0 Å². The largest absolute Gasteiger partial charge is 0.289 e. The Bertz CT molecular complexity index is 406. The van der Waals surface area contributed by atoms with Crippen LogP contribution in [0.5, 0.6) is 0 Å². The average molecular weight is 216 g/mol. The molecule has 0 bridgehead atoms. The molecule has 84 valence electrons.